The van der Waals surface area contributed by atoms with Gasteiger partial charge in [0.25, 0.3) is 0 Å². The normalized spacial score (nSPS) is 34.7. The lowest BCUT2D eigenvalue weighted by molar-refractivity contribution is -0.105. The Morgan fingerprint density at radius 1 is 1.64 bits per heavy atom. The largest absolute Gasteiger partial charge is 0.393 e. The minimum absolute atomic E-state index is 0.396. The number of hydroxylamine groups is 1. The second kappa shape index (κ2) is 6.87. The van der Waals surface area contributed by atoms with Gasteiger partial charge in [0.05, 0.1) is 12.8 Å². The quantitative estimate of drug-likeness (QED) is 0.0669. The van der Waals surface area contributed by atoms with Crippen LogP contribution in [0.2, 0.25) is 0 Å². The van der Waals surface area contributed by atoms with Crippen molar-refractivity contribution < 1.29 is 20.2 Å². The Balaban J connectivity index is 3.16. The Morgan fingerprint density at radius 3 is 2.73 bits per heavy atom. The van der Waals surface area contributed by atoms with Gasteiger partial charge >= 0.3 is 0 Å². The van der Waals surface area contributed by atoms with Crippen LogP contribution < -0.4 is 10.8 Å². The highest BCUT2D eigenvalue weighted by Crippen LogP contribution is 2.44. The van der Waals surface area contributed by atoms with Crippen molar-refractivity contribution in [1.29, 1.82) is 10.8 Å². The zero-order valence-electron chi connectivity index (χ0n) is 11.4. The van der Waals surface area contributed by atoms with Crippen molar-refractivity contribution >= 4 is 29.6 Å². The molecule has 0 aromatic rings. The maximum Gasteiger partial charge on any atom is 0.223 e. The van der Waals surface area contributed by atoms with Crippen molar-refractivity contribution in [1.82, 2.24) is 10.8 Å². The molecule has 0 aromatic heterocycles. The molecule has 1 saturated heterocycles. The molecule has 122 valence electrons. The lowest BCUT2D eigenvalue weighted by atomic mass is 9.97. The number of ether oxygens (including phenoxy) is 1. The van der Waals surface area contributed by atoms with Crippen LogP contribution in [0.5, 0.6) is 0 Å². The number of aliphatic imine (C=N–C) groups is 1. The van der Waals surface area contributed by atoms with Crippen molar-refractivity contribution in [3.05, 3.63) is 10.4 Å². The number of hydrogen-bond donors (Lipinski definition) is 7. The molecule has 0 amide bonds. The molecule has 0 bridgehead atoms. The summed E-state index contributed by atoms with van der Waals surface area (Å²) >= 11 is 6.14. The van der Waals surface area contributed by atoms with E-state index in [1.165, 1.54) is 6.92 Å². The number of alkyl halides is 1. The van der Waals surface area contributed by atoms with Crippen molar-refractivity contribution in [2.45, 2.75) is 29.9 Å². The number of aliphatic hydroxyl groups excluding tert-OH is 2. The van der Waals surface area contributed by atoms with E-state index < -0.39 is 41.3 Å². The minimum Gasteiger partial charge on any atom is -0.393 e. The molecule has 0 aromatic carbocycles. The van der Waals surface area contributed by atoms with E-state index in [1.54, 1.807) is 5.48 Å². The van der Waals surface area contributed by atoms with E-state index in [0.717, 1.165) is 0 Å². The van der Waals surface area contributed by atoms with E-state index in [1.807, 2.05) is 0 Å². The molecule has 0 spiro atoms. The van der Waals surface area contributed by atoms with E-state index in [0.29, 0.717) is 6.21 Å². The molecule has 1 rings (SSSR count). The van der Waals surface area contributed by atoms with Crippen LogP contribution in [-0.4, -0.2) is 63.0 Å². The molecule has 1 aliphatic rings. The third-order valence-corrected chi connectivity index (χ3v) is 3.34. The summed E-state index contributed by atoms with van der Waals surface area (Å²) in [5, 5.41) is 48.0. The lowest BCUT2D eigenvalue weighted by Gasteiger charge is -2.26. The van der Waals surface area contributed by atoms with E-state index in [4.69, 9.17) is 37.9 Å². The number of azide groups is 1. The van der Waals surface area contributed by atoms with Crippen LogP contribution in [0.1, 0.15) is 6.92 Å². The number of halogens is 1. The minimum atomic E-state index is -2.03. The molecule has 0 unspecified atom stereocenters. The number of aliphatic hydroxyl groups is 2. The first-order valence-electron chi connectivity index (χ1n) is 5.83. The number of nitrogens with zero attached hydrogens (tertiary/aromatic N) is 4. The lowest BCUT2D eigenvalue weighted by Crippen LogP contribution is -2.48. The predicted octanol–water partition coefficient (Wildman–Crippen LogP) is -0.749. The van der Waals surface area contributed by atoms with Gasteiger partial charge in [0, 0.05) is 4.91 Å². The molecule has 0 saturated carbocycles. The van der Waals surface area contributed by atoms with Crippen LogP contribution in [0, 0.1) is 10.8 Å². The molecule has 0 aliphatic carbocycles. The van der Waals surface area contributed by atoms with Crippen molar-refractivity contribution in [3.63, 3.8) is 0 Å². The highest BCUT2D eigenvalue weighted by Gasteiger charge is 2.61. The van der Waals surface area contributed by atoms with Crippen LogP contribution in [0.25, 0.3) is 10.4 Å². The second-order valence-electron chi connectivity index (χ2n) is 4.49. The number of rotatable bonds is 4. The summed E-state index contributed by atoms with van der Waals surface area (Å²) < 4.78 is 5.26. The van der Waals surface area contributed by atoms with E-state index in [-0.39, 0.29) is 0 Å². The van der Waals surface area contributed by atoms with Crippen molar-refractivity contribution in [2.24, 2.45) is 10.1 Å². The average molecular weight is 335 g/mol. The molecule has 22 heavy (non-hydrogen) atoms. The Labute approximate surface area is 129 Å². The third kappa shape index (κ3) is 3.27. The van der Waals surface area contributed by atoms with Crippen LogP contribution >= 0.6 is 11.6 Å². The monoisotopic (exact) mass is 334 g/mol. The Kier molecular flexibility index (Phi) is 5.65. The van der Waals surface area contributed by atoms with Gasteiger partial charge < -0.3 is 25.7 Å². The molecule has 0 radical (unpaired) electrons. The molecular formula is C9H15ClN8O4. The highest BCUT2D eigenvalue weighted by atomic mass is 35.5. The summed E-state index contributed by atoms with van der Waals surface area (Å²) in [5.74, 6) is -0.800. The third-order valence-electron chi connectivity index (χ3n) is 2.95. The fraction of sp³-hybridized carbons (Fsp3) is 0.667. The molecule has 1 heterocycles. The summed E-state index contributed by atoms with van der Waals surface area (Å²) in [4.78, 5) is 4.70. The number of hydrogen-bond acceptors (Lipinski definition) is 8. The van der Waals surface area contributed by atoms with Crippen LogP contribution in [0.3, 0.4) is 0 Å². The molecule has 13 heteroatoms. The standard InChI is InChI=1S/C9H15ClN8O4/c1-8(10)5(20)9(3-19,17-18-13)22-6(8)15-7(16-21)14-4(12)2-11/h2,5-6,11,19-21H,3H2,1H3,(H3,12,14,15,16)/t5-,6+,8+,9+/m0/s1. The molecule has 1 fully saturated rings. The van der Waals surface area contributed by atoms with Gasteiger partial charge in [-0.3, -0.25) is 10.6 Å². The molecule has 4 atom stereocenters. The summed E-state index contributed by atoms with van der Waals surface area (Å²) in [5.41, 5.74) is 8.14. The first-order chi connectivity index (χ1) is 10.3. The molecule has 1 aliphatic heterocycles. The maximum absolute atomic E-state index is 10.1. The first kappa shape index (κ1) is 18.1. The first-order valence-corrected chi connectivity index (χ1v) is 6.21. The van der Waals surface area contributed by atoms with Gasteiger partial charge in [0.15, 0.2) is 12.0 Å². The zero-order valence-corrected chi connectivity index (χ0v) is 12.1. The summed E-state index contributed by atoms with van der Waals surface area (Å²) in [6.07, 6.45) is -2.30. The van der Waals surface area contributed by atoms with E-state index in [9.17, 15) is 10.2 Å². The van der Waals surface area contributed by atoms with Crippen LogP contribution in [0.15, 0.2) is 10.1 Å². The van der Waals surface area contributed by atoms with E-state index >= 15 is 0 Å². The van der Waals surface area contributed by atoms with Gasteiger partial charge in [-0.25, -0.2) is 10.5 Å². The average Bonchev–Trinajstić information content (AvgIpc) is 2.68. The smallest absolute Gasteiger partial charge is 0.223 e. The van der Waals surface area contributed by atoms with Gasteiger partial charge in [-0.15, -0.1) is 11.6 Å². The number of nitrogens with one attached hydrogen (secondary N) is 4. The van der Waals surface area contributed by atoms with Gasteiger partial charge in [0.1, 0.15) is 16.8 Å². The van der Waals surface area contributed by atoms with Gasteiger partial charge in [-0.2, -0.15) is 0 Å². The van der Waals surface area contributed by atoms with Gasteiger partial charge in [-0.1, -0.05) is 5.11 Å². The van der Waals surface area contributed by atoms with Crippen molar-refractivity contribution in [2.75, 3.05) is 6.61 Å². The second-order valence-corrected chi connectivity index (χ2v) is 5.30. The fourth-order valence-corrected chi connectivity index (χ4v) is 2.04. The predicted molar refractivity (Wildman–Crippen MR) is 76.1 cm³/mol. The molecular weight excluding hydrogens is 320 g/mol. The Morgan fingerprint density at radius 2 is 2.27 bits per heavy atom. The number of guanidine groups is 1. The van der Waals surface area contributed by atoms with Crippen molar-refractivity contribution in [3.8, 4) is 0 Å². The topological polar surface area (TPSA) is 203 Å². The highest BCUT2D eigenvalue weighted by molar-refractivity contribution is 6.30. The van der Waals surface area contributed by atoms with Crippen LogP contribution in [-0.2, 0) is 4.74 Å². The van der Waals surface area contributed by atoms with E-state index in [2.05, 4.69) is 20.3 Å². The zero-order chi connectivity index (χ0) is 17.0. The van der Waals surface area contributed by atoms with Gasteiger partial charge in [-0.05, 0) is 12.5 Å². The summed E-state index contributed by atoms with van der Waals surface area (Å²) in [6.45, 7) is 0.479. The summed E-state index contributed by atoms with van der Waals surface area (Å²) in [7, 11) is 0. The maximum atomic E-state index is 10.1. The molecule has 12 nitrogen and oxygen atoms in total. The van der Waals surface area contributed by atoms with Gasteiger partial charge in [0.2, 0.25) is 5.96 Å². The van der Waals surface area contributed by atoms with Crippen LogP contribution in [0.4, 0.5) is 0 Å². The Hall–Kier alpha value is -1.95. The fourth-order valence-electron chi connectivity index (χ4n) is 1.78. The Bertz CT molecular complexity index is 534. The molecule has 7 N–H and O–H groups in total. The SMILES string of the molecule is C[C@]1(Cl)[C@H](N=C(NO)NC(=N)C=N)O[C@@](CO)(N=[N+]=[N-])[C@H]1O. The number of amidine groups is 1. The summed E-state index contributed by atoms with van der Waals surface area (Å²) in [6, 6.07) is 0.